The fourth-order valence-corrected chi connectivity index (χ4v) is 9.17. The summed E-state index contributed by atoms with van der Waals surface area (Å²) in [6.45, 7) is 3.03. The Labute approximate surface area is 212 Å². The topological polar surface area (TPSA) is 105 Å². The van der Waals surface area contributed by atoms with Gasteiger partial charge in [0.05, 0.1) is 23.8 Å². The molecule has 9 nitrogen and oxygen atoms in total. The molecule has 196 valence electrons. The van der Waals surface area contributed by atoms with Crippen molar-refractivity contribution >= 4 is 27.5 Å². The van der Waals surface area contributed by atoms with Crippen LogP contribution in [0.3, 0.4) is 0 Å². The third-order valence-corrected chi connectivity index (χ3v) is 11.1. The fraction of sp³-hybridized carbons (Fsp3) is 0.692. The summed E-state index contributed by atoms with van der Waals surface area (Å²) in [5.41, 5.74) is 0.481. The number of amides is 2. The molecule has 5 fully saturated rings. The van der Waals surface area contributed by atoms with Crippen molar-refractivity contribution < 1.29 is 27.5 Å². The largest absolute Gasteiger partial charge is 0.482 e. The van der Waals surface area contributed by atoms with Crippen molar-refractivity contribution in [3.63, 3.8) is 0 Å². The van der Waals surface area contributed by atoms with Crippen molar-refractivity contribution in [3.05, 3.63) is 18.2 Å². The standard InChI is InChI=1S/C26H35N3O6S/c1-17(26-12-18-8-19(13-26)10-20(9-18)14-26)27-24(30)15-29-22-11-21(2-3-23(22)35-16-25(29)31)36(32,33)28-4-6-34-7-5-28/h2-3,11,17-20H,4-10,12-16H2,1H3,(H,27,30)/t17-,18?,19?,20?,26?/m1/s1. The van der Waals surface area contributed by atoms with Crippen LogP contribution in [0.15, 0.2) is 23.1 Å². The van der Waals surface area contributed by atoms with Gasteiger partial charge in [-0.1, -0.05) is 0 Å². The number of nitrogens with zero attached hydrogens (tertiary/aromatic N) is 2. The van der Waals surface area contributed by atoms with Gasteiger partial charge in [0.2, 0.25) is 15.9 Å². The van der Waals surface area contributed by atoms with Gasteiger partial charge in [-0.05, 0) is 86.8 Å². The number of carbonyl (C=O) groups is 2. The van der Waals surface area contributed by atoms with Crippen LogP contribution in [0.1, 0.15) is 45.4 Å². The lowest BCUT2D eigenvalue weighted by Gasteiger charge is -2.59. The summed E-state index contributed by atoms with van der Waals surface area (Å²) >= 11 is 0. The van der Waals surface area contributed by atoms with E-state index in [9.17, 15) is 18.0 Å². The number of carbonyl (C=O) groups excluding carboxylic acids is 2. The minimum atomic E-state index is -3.75. The molecule has 4 bridgehead atoms. The van der Waals surface area contributed by atoms with Gasteiger partial charge in [0.1, 0.15) is 12.3 Å². The Morgan fingerprint density at radius 2 is 1.75 bits per heavy atom. The van der Waals surface area contributed by atoms with Gasteiger partial charge in [0, 0.05) is 19.1 Å². The molecule has 2 heterocycles. The summed E-state index contributed by atoms with van der Waals surface area (Å²) in [6, 6.07) is 4.56. The van der Waals surface area contributed by atoms with Gasteiger partial charge < -0.3 is 14.8 Å². The highest BCUT2D eigenvalue weighted by Crippen LogP contribution is 2.61. The van der Waals surface area contributed by atoms with E-state index in [0.29, 0.717) is 24.7 Å². The van der Waals surface area contributed by atoms with Crippen molar-refractivity contribution in [2.75, 3.05) is 44.4 Å². The van der Waals surface area contributed by atoms with Crippen molar-refractivity contribution in [2.24, 2.45) is 23.2 Å². The van der Waals surface area contributed by atoms with E-state index in [1.54, 1.807) is 6.07 Å². The second-order valence-electron chi connectivity index (χ2n) is 11.5. The van der Waals surface area contributed by atoms with Crippen LogP contribution in [0, 0.1) is 23.2 Å². The van der Waals surface area contributed by atoms with E-state index < -0.39 is 10.0 Å². The Bertz CT molecular complexity index is 1130. The van der Waals surface area contributed by atoms with Crippen LogP contribution < -0.4 is 15.0 Å². The molecule has 36 heavy (non-hydrogen) atoms. The Morgan fingerprint density at radius 3 is 2.39 bits per heavy atom. The summed E-state index contributed by atoms with van der Waals surface area (Å²) in [7, 11) is -3.75. The van der Waals surface area contributed by atoms with Gasteiger partial charge in [0.25, 0.3) is 5.91 Å². The van der Waals surface area contributed by atoms with Crippen LogP contribution in [0.25, 0.3) is 0 Å². The summed E-state index contributed by atoms with van der Waals surface area (Å²) in [6.07, 6.45) is 7.57. The first-order valence-corrected chi connectivity index (χ1v) is 14.6. The lowest BCUT2D eigenvalue weighted by molar-refractivity contribution is -0.127. The molecule has 0 spiro atoms. The lowest BCUT2D eigenvalue weighted by Crippen LogP contribution is -2.57. The zero-order valence-corrected chi connectivity index (χ0v) is 21.6. The van der Waals surface area contributed by atoms with E-state index in [0.717, 1.165) is 17.8 Å². The predicted octanol–water partition coefficient (Wildman–Crippen LogP) is 2.15. The molecule has 1 aromatic carbocycles. The molecule has 1 saturated heterocycles. The number of benzene rings is 1. The van der Waals surface area contributed by atoms with E-state index in [4.69, 9.17) is 9.47 Å². The number of morpholine rings is 1. The maximum Gasteiger partial charge on any atom is 0.265 e. The van der Waals surface area contributed by atoms with E-state index >= 15 is 0 Å². The Kier molecular flexibility index (Phi) is 6.04. The maximum absolute atomic E-state index is 13.2. The SMILES string of the molecule is C[C@@H](NC(=O)CN1C(=O)COc2ccc(S(=O)(=O)N3CCOCC3)cc21)C12CC3CC(CC(C3)C1)C2. The van der Waals surface area contributed by atoms with Crippen LogP contribution in [0.4, 0.5) is 5.69 Å². The van der Waals surface area contributed by atoms with Crippen molar-refractivity contribution in [3.8, 4) is 5.75 Å². The molecule has 7 rings (SSSR count). The molecular formula is C26H35N3O6S. The molecule has 0 aromatic heterocycles. The number of fused-ring (bicyclic) bond motifs is 1. The maximum atomic E-state index is 13.2. The van der Waals surface area contributed by atoms with E-state index in [1.807, 2.05) is 0 Å². The number of ether oxygens (including phenoxy) is 2. The number of nitrogens with one attached hydrogen (secondary N) is 1. The minimum Gasteiger partial charge on any atom is -0.482 e. The molecule has 1 aromatic rings. The molecule has 2 amide bonds. The molecule has 1 N–H and O–H groups in total. The second-order valence-corrected chi connectivity index (χ2v) is 13.4. The average Bonchev–Trinajstić information content (AvgIpc) is 2.85. The second kappa shape index (κ2) is 8.99. The smallest absolute Gasteiger partial charge is 0.265 e. The number of anilines is 1. The van der Waals surface area contributed by atoms with Crippen LogP contribution in [-0.4, -0.2) is 70.0 Å². The fourth-order valence-electron chi connectivity index (χ4n) is 7.74. The van der Waals surface area contributed by atoms with Gasteiger partial charge in [-0.2, -0.15) is 4.31 Å². The van der Waals surface area contributed by atoms with Gasteiger partial charge in [0.15, 0.2) is 6.61 Å². The molecular weight excluding hydrogens is 482 g/mol. The molecule has 4 aliphatic carbocycles. The summed E-state index contributed by atoms with van der Waals surface area (Å²) in [4.78, 5) is 27.5. The number of hydrogen-bond donors (Lipinski definition) is 1. The Hall–Kier alpha value is -2.17. The van der Waals surface area contributed by atoms with Crippen molar-refractivity contribution in [1.29, 1.82) is 0 Å². The lowest BCUT2D eigenvalue weighted by atomic mass is 9.48. The van der Waals surface area contributed by atoms with Gasteiger partial charge >= 0.3 is 0 Å². The average molecular weight is 518 g/mol. The van der Waals surface area contributed by atoms with E-state index in [1.165, 1.54) is 59.9 Å². The number of hydrogen-bond acceptors (Lipinski definition) is 6. The summed E-state index contributed by atoms with van der Waals surface area (Å²) in [5.74, 6) is 2.18. The molecule has 0 unspecified atom stereocenters. The minimum absolute atomic E-state index is 0.0436. The first-order valence-electron chi connectivity index (χ1n) is 13.2. The van der Waals surface area contributed by atoms with Gasteiger partial charge in [-0.25, -0.2) is 8.42 Å². The zero-order chi connectivity index (χ0) is 25.1. The molecule has 2 aliphatic heterocycles. The van der Waals surface area contributed by atoms with Crippen molar-refractivity contribution in [1.82, 2.24) is 9.62 Å². The third-order valence-electron chi connectivity index (χ3n) is 9.16. The van der Waals surface area contributed by atoms with Crippen LogP contribution >= 0.6 is 0 Å². The normalized spacial score (nSPS) is 32.6. The molecule has 6 aliphatic rings. The highest BCUT2D eigenvalue weighted by atomic mass is 32.2. The number of rotatable bonds is 6. The van der Waals surface area contributed by atoms with Gasteiger partial charge in [-0.15, -0.1) is 0 Å². The zero-order valence-electron chi connectivity index (χ0n) is 20.8. The van der Waals surface area contributed by atoms with Crippen molar-refractivity contribution in [2.45, 2.75) is 56.4 Å². The Balaban J connectivity index is 1.19. The predicted molar refractivity (Wildman–Crippen MR) is 132 cm³/mol. The summed E-state index contributed by atoms with van der Waals surface area (Å²) in [5, 5.41) is 3.22. The first kappa shape index (κ1) is 24.2. The molecule has 10 heteroatoms. The molecule has 1 atom stereocenters. The van der Waals surface area contributed by atoms with E-state index in [-0.39, 0.29) is 54.4 Å². The monoisotopic (exact) mass is 517 g/mol. The Morgan fingerprint density at radius 1 is 1.11 bits per heavy atom. The third kappa shape index (κ3) is 4.20. The molecule has 4 saturated carbocycles. The van der Waals surface area contributed by atoms with Gasteiger partial charge in [-0.3, -0.25) is 14.5 Å². The molecule has 0 radical (unpaired) electrons. The highest BCUT2D eigenvalue weighted by molar-refractivity contribution is 7.89. The summed E-state index contributed by atoms with van der Waals surface area (Å²) < 4.78 is 38.6. The quantitative estimate of drug-likeness (QED) is 0.620. The van der Waals surface area contributed by atoms with Crippen LogP contribution in [0.2, 0.25) is 0 Å². The number of sulfonamides is 1. The first-order chi connectivity index (χ1) is 17.2. The van der Waals surface area contributed by atoms with Crippen LogP contribution in [0.5, 0.6) is 5.75 Å². The van der Waals surface area contributed by atoms with E-state index in [2.05, 4.69) is 12.2 Å². The highest BCUT2D eigenvalue weighted by Gasteiger charge is 2.53. The van der Waals surface area contributed by atoms with Crippen LogP contribution in [-0.2, 0) is 24.3 Å².